The number of aryl methyl sites for hydroxylation is 1. The zero-order valence-electron chi connectivity index (χ0n) is 26.8. The molecule has 0 aliphatic heterocycles. The van der Waals surface area contributed by atoms with Gasteiger partial charge in [-0.1, -0.05) is 63.0 Å². The van der Waals surface area contributed by atoms with Crippen LogP contribution in [0.4, 0.5) is 4.39 Å². The molecule has 0 radical (unpaired) electrons. The summed E-state index contributed by atoms with van der Waals surface area (Å²) in [6.07, 6.45) is 17.9. The third kappa shape index (κ3) is 7.02. The molecule has 1 fully saturated rings. The fourth-order valence-electron chi connectivity index (χ4n) is 6.80. The highest BCUT2D eigenvalue weighted by Crippen LogP contribution is 2.35. The molecule has 2 aromatic carbocycles. The molecule has 2 N–H and O–H groups in total. The van der Waals surface area contributed by atoms with Gasteiger partial charge in [-0.3, -0.25) is 10.1 Å². The van der Waals surface area contributed by atoms with Gasteiger partial charge < -0.3 is 9.88 Å². The first-order chi connectivity index (χ1) is 21.9. The maximum Gasteiger partial charge on any atom is 0.124 e. The van der Waals surface area contributed by atoms with Gasteiger partial charge in [-0.25, -0.2) is 4.39 Å². The Labute approximate surface area is 266 Å². The summed E-state index contributed by atoms with van der Waals surface area (Å²) in [6, 6.07) is 15.8. The molecule has 5 aromatic rings. The van der Waals surface area contributed by atoms with Crippen molar-refractivity contribution in [2.45, 2.75) is 58.3 Å². The molecule has 5 nitrogen and oxygen atoms in total. The lowest BCUT2D eigenvalue weighted by atomic mass is 9.84. The predicted molar refractivity (Wildman–Crippen MR) is 187 cm³/mol. The number of hydrogen-bond donors (Lipinski definition) is 2. The van der Waals surface area contributed by atoms with E-state index in [1.807, 2.05) is 12.1 Å². The van der Waals surface area contributed by atoms with E-state index in [0.29, 0.717) is 0 Å². The van der Waals surface area contributed by atoms with E-state index in [0.717, 1.165) is 87.3 Å². The molecule has 0 saturated heterocycles. The highest BCUT2D eigenvalue weighted by Gasteiger charge is 2.17. The number of rotatable bonds is 11. The molecule has 232 valence electrons. The summed E-state index contributed by atoms with van der Waals surface area (Å²) in [5, 5.41) is 9.94. The Hall–Kier alpha value is -4.29. The van der Waals surface area contributed by atoms with Crippen LogP contribution in [0.3, 0.4) is 0 Å². The van der Waals surface area contributed by atoms with Crippen molar-refractivity contribution >= 4 is 27.4 Å². The molecule has 0 atom stereocenters. The summed E-state index contributed by atoms with van der Waals surface area (Å²) in [5.41, 5.74) is 9.84. The number of nitrogens with zero attached hydrogens (tertiary/aromatic N) is 3. The van der Waals surface area contributed by atoms with Gasteiger partial charge in [0.15, 0.2) is 0 Å². The molecule has 1 aliphatic carbocycles. The van der Waals surface area contributed by atoms with Crippen LogP contribution >= 0.6 is 0 Å². The lowest BCUT2D eigenvalue weighted by Gasteiger charge is -2.22. The van der Waals surface area contributed by atoms with Gasteiger partial charge >= 0.3 is 0 Å². The normalized spacial score (nSPS) is 15.0. The van der Waals surface area contributed by atoms with Crippen molar-refractivity contribution in [3.8, 4) is 22.6 Å². The van der Waals surface area contributed by atoms with Crippen LogP contribution in [-0.2, 0) is 6.42 Å². The van der Waals surface area contributed by atoms with E-state index in [1.165, 1.54) is 43.3 Å². The van der Waals surface area contributed by atoms with Crippen LogP contribution in [0.1, 0.15) is 63.0 Å². The van der Waals surface area contributed by atoms with Gasteiger partial charge in [-0.2, -0.15) is 5.10 Å². The maximum absolute atomic E-state index is 14.8. The second kappa shape index (κ2) is 13.8. The van der Waals surface area contributed by atoms with Gasteiger partial charge in [0.05, 0.1) is 16.9 Å². The third-order valence-corrected chi connectivity index (χ3v) is 9.16. The first-order valence-corrected chi connectivity index (χ1v) is 16.3. The molecular formula is C39H44FN5. The average molecular weight is 602 g/mol. The van der Waals surface area contributed by atoms with Crippen molar-refractivity contribution in [2.24, 2.45) is 5.92 Å². The molecule has 3 heterocycles. The van der Waals surface area contributed by atoms with Crippen LogP contribution in [-0.4, -0.2) is 45.7 Å². The number of hydrogen-bond acceptors (Lipinski definition) is 3. The lowest BCUT2D eigenvalue weighted by Crippen LogP contribution is -2.13. The van der Waals surface area contributed by atoms with Crippen LogP contribution in [0, 0.1) is 11.7 Å². The molecular weight excluding hydrogens is 557 g/mol. The first kappa shape index (κ1) is 30.7. The fraction of sp³-hybridized carbons (Fsp3) is 0.333. The smallest absolute Gasteiger partial charge is 0.124 e. The quantitative estimate of drug-likeness (QED) is 0.148. The average Bonchev–Trinajstić information content (AvgIpc) is 3.67. The van der Waals surface area contributed by atoms with Gasteiger partial charge in [0, 0.05) is 28.0 Å². The van der Waals surface area contributed by atoms with Crippen LogP contribution in [0.15, 0.2) is 85.1 Å². The lowest BCUT2D eigenvalue weighted by molar-refractivity contribution is 0.358. The molecule has 0 bridgehead atoms. The van der Waals surface area contributed by atoms with Crippen LogP contribution < -0.4 is 0 Å². The fourth-order valence-corrected chi connectivity index (χ4v) is 6.80. The Kier molecular flexibility index (Phi) is 9.41. The monoisotopic (exact) mass is 601 g/mol. The number of H-pyrrole nitrogens is 2. The van der Waals surface area contributed by atoms with Gasteiger partial charge in [0.25, 0.3) is 0 Å². The number of halogens is 1. The minimum atomic E-state index is -0.236. The van der Waals surface area contributed by atoms with E-state index in [-0.39, 0.29) is 5.82 Å². The molecule has 6 heteroatoms. The van der Waals surface area contributed by atoms with E-state index in [4.69, 9.17) is 10.1 Å². The molecule has 0 unspecified atom stereocenters. The third-order valence-electron chi connectivity index (χ3n) is 9.16. The van der Waals surface area contributed by atoms with Crippen molar-refractivity contribution < 1.29 is 4.39 Å². The van der Waals surface area contributed by atoms with E-state index >= 15 is 0 Å². The summed E-state index contributed by atoms with van der Waals surface area (Å²) in [4.78, 5) is 10.4. The number of aromatic nitrogens is 4. The summed E-state index contributed by atoms with van der Waals surface area (Å²) in [7, 11) is 4.12. The number of allylic oxidation sites excluding steroid dienone is 5. The molecule has 6 rings (SSSR count). The number of benzene rings is 2. The van der Waals surface area contributed by atoms with Crippen LogP contribution in [0.2, 0.25) is 0 Å². The summed E-state index contributed by atoms with van der Waals surface area (Å²) in [6.45, 7) is 7.20. The molecule has 0 spiro atoms. The minimum absolute atomic E-state index is 0.236. The Balaban J connectivity index is 1.33. The van der Waals surface area contributed by atoms with Gasteiger partial charge in [0.1, 0.15) is 11.5 Å². The zero-order chi connectivity index (χ0) is 31.3. The topological polar surface area (TPSA) is 60.6 Å². The number of fused-ring (bicyclic) bond motifs is 2. The van der Waals surface area contributed by atoms with Gasteiger partial charge in [-0.15, -0.1) is 0 Å². The number of nitrogens with one attached hydrogen (secondary N) is 2. The molecule has 1 aliphatic rings. The Bertz CT molecular complexity index is 1870. The molecule has 45 heavy (non-hydrogen) atoms. The predicted octanol–water partition coefficient (Wildman–Crippen LogP) is 9.89. The Morgan fingerprint density at radius 1 is 1.00 bits per heavy atom. The second-order valence-corrected chi connectivity index (χ2v) is 12.8. The molecule has 3 aromatic heterocycles. The highest BCUT2D eigenvalue weighted by molar-refractivity contribution is 6.00. The van der Waals surface area contributed by atoms with Crippen molar-refractivity contribution in [3.05, 3.63) is 102 Å². The van der Waals surface area contributed by atoms with E-state index in [9.17, 15) is 4.39 Å². The summed E-state index contributed by atoms with van der Waals surface area (Å²) in [5.74, 6) is 0.521. The summed E-state index contributed by atoms with van der Waals surface area (Å²) < 4.78 is 14.8. The standard InChI is InChI=1S/C39H44FN5/c1-5-26(19-27-11-8-7-9-12-27)20-29(6-2)30-14-15-36-33(24-30)39(44-43-36)37-25-34-35(42-37)16-17-41-38(34)31-21-28(22-32(40)23-31)13-10-18-45(3)4/h5-6,14-17,20-25,27,42H,1,7-13,18-19H2,2-4H3,(H,43,44)/b26-20+,29-6+. The van der Waals surface area contributed by atoms with E-state index in [1.54, 1.807) is 18.3 Å². The largest absolute Gasteiger partial charge is 0.353 e. The number of aromatic amines is 2. The SMILES string of the molecule is C=C/C(=C\C(=C/C)c1ccc2[nH]nc(-c3cc4c(-c5cc(F)cc(CCCN(C)C)c5)nccc4[nH]3)c2c1)CC1CCCCC1. The van der Waals surface area contributed by atoms with Crippen LogP contribution in [0.5, 0.6) is 0 Å². The van der Waals surface area contributed by atoms with Gasteiger partial charge in [0.2, 0.25) is 0 Å². The number of pyridine rings is 1. The Morgan fingerprint density at radius 2 is 1.82 bits per heavy atom. The van der Waals surface area contributed by atoms with E-state index < -0.39 is 0 Å². The van der Waals surface area contributed by atoms with Gasteiger partial charge in [-0.05, 0) is 117 Å². The molecule has 1 saturated carbocycles. The second-order valence-electron chi connectivity index (χ2n) is 12.8. The highest BCUT2D eigenvalue weighted by atomic mass is 19.1. The van der Waals surface area contributed by atoms with Crippen molar-refractivity contribution in [1.82, 2.24) is 25.1 Å². The van der Waals surface area contributed by atoms with Crippen molar-refractivity contribution in [1.29, 1.82) is 0 Å². The minimum Gasteiger partial charge on any atom is -0.353 e. The Morgan fingerprint density at radius 3 is 2.60 bits per heavy atom. The van der Waals surface area contributed by atoms with Crippen molar-refractivity contribution in [2.75, 3.05) is 20.6 Å². The van der Waals surface area contributed by atoms with Crippen LogP contribution in [0.25, 0.3) is 50.0 Å². The first-order valence-electron chi connectivity index (χ1n) is 16.3. The maximum atomic E-state index is 14.8. The van der Waals surface area contributed by atoms with Crippen molar-refractivity contribution in [3.63, 3.8) is 0 Å². The molecule has 0 amide bonds. The zero-order valence-corrected chi connectivity index (χ0v) is 26.8. The van der Waals surface area contributed by atoms with E-state index in [2.05, 4.69) is 85.1 Å². The summed E-state index contributed by atoms with van der Waals surface area (Å²) >= 11 is 0.